The molecule has 0 unspecified atom stereocenters. The number of hydrogen-bond donors (Lipinski definition) is 3. The third kappa shape index (κ3) is 1.90. The summed E-state index contributed by atoms with van der Waals surface area (Å²) in [6.45, 7) is -0.0273. The Hall–Kier alpha value is -1.58. The zero-order valence-electron chi connectivity index (χ0n) is 9.93. The van der Waals surface area contributed by atoms with Crippen LogP contribution < -0.4 is 11.3 Å². The van der Waals surface area contributed by atoms with E-state index in [2.05, 4.69) is 22.8 Å². The van der Waals surface area contributed by atoms with E-state index in [1.165, 1.54) is 10.3 Å². The molecule has 1 aliphatic heterocycles. The fraction of sp³-hybridized carbons (Fsp3) is 0.500. The van der Waals surface area contributed by atoms with Crippen LogP contribution in [-0.4, -0.2) is 36.3 Å². The molecule has 0 amide bonds. The third-order valence-corrected chi connectivity index (χ3v) is 3.60. The smallest absolute Gasteiger partial charge is 0.302 e. The number of nitrogen functional groups attached to an aromatic ring is 1. The molecule has 2 atom stereocenters. The number of aliphatic hydroxyl groups excluding tert-OH is 1. The Morgan fingerprint density at radius 3 is 3.05 bits per heavy atom. The summed E-state index contributed by atoms with van der Waals surface area (Å²) in [4.78, 5) is 19.4. The fourth-order valence-electron chi connectivity index (χ4n) is 2.26. The Morgan fingerprint density at radius 2 is 2.37 bits per heavy atom. The van der Waals surface area contributed by atoms with Crippen LogP contribution in [0.2, 0.25) is 0 Å². The number of hydrogen-bond acceptors (Lipinski definition) is 7. The molecule has 1 aliphatic rings. The molecule has 2 aromatic heterocycles. The number of nitrogens with zero attached hydrogens (tertiary/aromatic N) is 4. The van der Waals surface area contributed by atoms with Crippen molar-refractivity contribution in [1.82, 2.24) is 18.5 Å². The van der Waals surface area contributed by atoms with Crippen LogP contribution in [0, 0.1) is 0 Å². The SMILES string of the molecule is Nc1nc(=O)c2ncn([C@H]3CC[C@@H](CO)O3)c2n1S. The normalized spacial score (nSPS) is 23.3. The standard InChI is InChI=1S/C10H13N5O3S/c11-10-13-8(17)7-9(15(10)19)14(4-12-7)6-2-1-5(3-16)18-6/h4-6,16,19H,1-3H2,(H2,11,13,17)/t5-,6+/m0/s1. The molecule has 1 fully saturated rings. The summed E-state index contributed by atoms with van der Waals surface area (Å²) in [6, 6.07) is 0. The summed E-state index contributed by atoms with van der Waals surface area (Å²) in [5, 5.41) is 9.09. The molecule has 0 aromatic carbocycles. The van der Waals surface area contributed by atoms with E-state index in [1.807, 2.05) is 0 Å². The summed E-state index contributed by atoms with van der Waals surface area (Å²) in [6.07, 6.45) is 2.49. The number of imidazole rings is 1. The molecule has 8 nitrogen and oxygen atoms in total. The van der Waals surface area contributed by atoms with Crippen molar-refractivity contribution in [3.63, 3.8) is 0 Å². The summed E-state index contributed by atoms with van der Waals surface area (Å²) in [5.74, 6) is -0.000659. The second kappa shape index (κ2) is 4.51. The quantitative estimate of drug-likeness (QED) is 0.644. The number of aromatic nitrogens is 4. The van der Waals surface area contributed by atoms with Gasteiger partial charge >= 0.3 is 5.56 Å². The molecular formula is C10H13N5O3S. The fourth-order valence-corrected chi connectivity index (χ4v) is 2.51. The Labute approximate surface area is 113 Å². The number of anilines is 1. The lowest BCUT2D eigenvalue weighted by molar-refractivity contribution is -0.0207. The van der Waals surface area contributed by atoms with Gasteiger partial charge in [0.15, 0.2) is 11.2 Å². The van der Waals surface area contributed by atoms with Gasteiger partial charge in [-0.3, -0.25) is 9.36 Å². The Kier molecular flexibility index (Phi) is 2.96. The monoisotopic (exact) mass is 283 g/mol. The van der Waals surface area contributed by atoms with Gasteiger partial charge in [-0.05, 0) is 12.8 Å². The topological polar surface area (TPSA) is 108 Å². The van der Waals surface area contributed by atoms with Crippen LogP contribution in [-0.2, 0) is 4.74 Å². The van der Waals surface area contributed by atoms with Crippen molar-refractivity contribution < 1.29 is 9.84 Å². The molecule has 2 aromatic rings. The van der Waals surface area contributed by atoms with E-state index in [9.17, 15) is 4.79 Å². The molecule has 0 saturated carbocycles. The number of rotatable bonds is 2. The van der Waals surface area contributed by atoms with Crippen LogP contribution in [0.4, 0.5) is 5.95 Å². The van der Waals surface area contributed by atoms with E-state index in [0.717, 1.165) is 12.8 Å². The average molecular weight is 283 g/mol. The molecule has 3 heterocycles. The molecule has 0 spiro atoms. The highest BCUT2D eigenvalue weighted by Gasteiger charge is 2.28. The molecule has 3 rings (SSSR count). The lowest BCUT2D eigenvalue weighted by Crippen LogP contribution is -2.18. The van der Waals surface area contributed by atoms with E-state index < -0.39 is 5.56 Å². The zero-order valence-corrected chi connectivity index (χ0v) is 10.8. The molecule has 19 heavy (non-hydrogen) atoms. The molecule has 0 aliphatic carbocycles. The predicted molar refractivity (Wildman–Crippen MR) is 70.8 cm³/mol. The Morgan fingerprint density at radius 1 is 1.58 bits per heavy atom. The van der Waals surface area contributed by atoms with E-state index in [0.29, 0.717) is 5.65 Å². The Bertz CT molecular complexity index is 682. The van der Waals surface area contributed by atoms with Gasteiger partial charge in [0.2, 0.25) is 5.95 Å². The minimum atomic E-state index is -0.492. The van der Waals surface area contributed by atoms with Gasteiger partial charge < -0.3 is 15.6 Å². The van der Waals surface area contributed by atoms with Crippen molar-refractivity contribution in [1.29, 1.82) is 0 Å². The second-order valence-corrected chi connectivity index (χ2v) is 4.78. The molecule has 0 bridgehead atoms. The van der Waals surface area contributed by atoms with Crippen LogP contribution >= 0.6 is 12.8 Å². The maximum absolute atomic E-state index is 11.7. The predicted octanol–water partition coefficient (Wildman–Crippen LogP) is -0.462. The molecule has 102 valence electrons. The minimum absolute atomic E-state index is 0.000659. The molecule has 1 saturated heterocycles. The number of fused-ring (bicyclic) bond motifs is 1. The van der Waals surface area contributed by atoms with Gasteiger partial charge in [-0.25, -0.2) is 8.96 Å². The van der Waals surface area contributed by atoms with Crippen molar-refractivity contribution in [3.05, 3.63) is 16.7 Å². The third-order valence-electron chi connectivity index (χ3n) is 3.20. The van der Waals surface area contributed by atoms with Gasteiger partial charge in [0, 0.05) is 0 Å². The van der Waals surface area contributed by atoms with E-state index >= 15 is 0 Å². The summed E-state index contributed by atoms with van der Waals surface area (Å²) in [5.41, 5.74) is 5.77. The van der Waals surface area contributed by atoms with Gasteiger partial charge in [-0.15, -0.1) is 0 Å². The lowest BCUT2D eigenvalue weighted by atomic mass is 10.2. The van der Waals surface area contributed by atoms with Gasteiger partial charge in [0.25, 0.3) is 0 Å². The summed E-state index contributed by atoms with van der Waals surface area (Å²) in [7, 11) is 0. The number of aliphatic hydroxyl groups is 1. The van der Waals surface area contributed by atoms with Gasteiger partial charge in [0.1, 0.15) is 6.23 Å². The molecular weight excluding hydrogens is 270 g/mol. The molecule has 9 heteroatoms. The zero-order chi connectivity index (χ0) is 13.6. The summed E-state index contributed by atoms with van der Waals surface area (Å²) >= 11 is 4.21. The first-order valence-corrected chi connectivity index (χ1v) is 6.22. The van der Waals surface area contributed by atoms with Gasteiger partial charge in [-0.2, -0.15) is 4.98 Å². The highest BCUT2D eigenvalue weighted by atomic mass is 32.1. The van der Waals surface area contributed by atoms with Crippen molar-refractivity contribution >= 4 is 29.9 Å². The van der Waals surface area contributed by atoms with E-state index in [4.69, 9.17) is 15.6 Å². The number of thiol groups is 1. The van der Waals surface area contributed by atoms with Crippen molar-refractivity contribution in [2.75, 3.05) is 12.3 Å². The van der Waals surface area contributed by atoms with Crippen LogP contribution in [0.3, 0.4) is 0 Å². The lowest BCUT2D eigenvalue weighted by Gasteiger charge is -2.15. The van der Waals surface area contributed by atoms with Gasteiger partial charge in [-0.1, -0.05) is 12.8 Å². The van der Waals surface area contributed by atoms with Crippen LogP contribution in [0.5, 0.6) is 0 Å². The largest absolute Gasteiger partial charge is 0.394 e. The average Bonchev–Trinajstić information content (AvgIpc) is 3.02. The summed E-state index contributed by atoms with van der Waals surface area (Å²) < 4.78 is 8.66. The second-order valence-electron chi connectivity index (χ2n) is 4.38. The highest BCUT2D eigenvalue weighted by Crippen LogP contribution is 2.30. The Balaban J connectivity index is 2.13. The van der Waals surface area contributed by atoms with Crippen molar-refractivity contribution in [2.45, 2.75) is 25.2 Å². The maximum atomic E-state index is 11.7. The first-order valence-electron chi connectivity index (χ1n) is 5.82. The first-order chi connectivity index (χ1) is 9.11. The van der Waals surface area contributed by atoms with Crippen molar-refractivity contribution in [3.8, 4) is 0 Å². The van der Waals surface area contributed by atoms with Crippen LogP contribution in [0.15, 0.2) is 11.1 Å². The van der Waals surface area contributed by atoms with E-state index in [-0.39, 0.29) is 30.4 Å². The maximum Gasteiger partial charge on any atom is 0.302 e. The van der Waals surface area contributed by atoms with Crippen LogP contribution in [0.1, 0.15) is 19.1 Å². The minimum Gasteiger partial charge on any atom is -0.394 e. The van der Waals surface area contributed by atoms with E-state index in [1.54, 1.807) is 4.57 Å². The first kappa shape index (κ1) is 12.5. The number of ether oxygens (including phenoxy) is 1. The molecule has 3 N–H and O–H groups in total. The van der Waals surface area contributed by atoms with Crippen molar-refractivity contribution in [2.24, 2.45) is 0 Å². The van der Waals surface area contributed by atoms with Gasteiger partial charge in [0.05, 0.1) is 19.0 Å². The van der Waals surface area contributed by atoms with Crippen LogP contribution in [0.25, 0.3) is 11.2 Å². The number of nitrogens with two attached hydrogens (primary N) is 1. The molecule has 0 radical (unpaired) electrons. The highest BCUT2D eigenvalue weighted by molar-refractivity contribution is 7.78.